The lowest BCUT2D eigenvalue weighted by atomic mass is 9.94. The van der Waals surface area contributed by atoms with Gasteiger partial charge in [-0.2, -0.15) is 0 Å². The van der Waals surface area contributed by atoms with Crippen LogP contribution in [0.25, 0.3) is 49.5 Å². The Balaban J connectivity index is 1.18. The number of fused-ring (bicyclic) bond motifs is 5. The van der Waals surface area contributed by atoms with E-state index < -0.39 is 0 Å². The zero-order valence-corrected chi connectivity index (χ0v) is 30.6. The number of hydrogen-bond acceptors (Lipinski definition) is 1. The van der Waals surface area contributed by atoms with Crippen molar-refractivity contribution >= 4 is 60.9 Å². The van der Waals surface area contributed by atoms with Crippen LogP contribution in [0.3, 0.4) is 0 Å². The van der Waals surface area contributed by atoms with Crippen LogP contribution in [0.15, 0.2) is 170 Å². The van der Waals surface area contributed by atoms with Gasteiger partial charge in [0.05, 0.1) is 16.7 Å². The quantitative estimate of drug-likeness (QED) is 0.138. The third-order valence-electron chi connectivity index (χ3n) is 11.1. The molecule has 2 heterocycles. The molecule has 2 nitrogen and oxygen atoms in total. The lowest BCUT2D eigenvalue weighted by Gasteiger charge is -2.22. The summed E-state index contributed by atoms with van der Waals surface area (Å²) in [5, 5.41) is 3.92. The highest BCUT2D eigenvalue weighted by Gasteiger charge is 2.22. The van der Waals surface area contributed by atoms with E-state index in [0.29, 0.717) is 0 Å². The average molecular weight is 685 g/mol. The highest BCUT2D eigenvalue weighted by molar-refractivity contribution is 6.14. The van der Waals surface area contributed by atoms with E-state index in [4.69, 9.17) is 0 Å². The van der Waals surface area contributed by atoms with E-state index in [2.05, 4.69) is 193 Å². The van der Waals surface area contributed by atoms with Gasteiger partial charge in [-0.15, -0.1) is 0 Å². The maximum Gasteiger partial charge on any atom is 0.0625 e. The standard InChI is InChI=1S/C51H44N2/c1-3-37(50-36(2)45-23-11-12-24-46(45)51-49(42-20-5-4-6-21-42)47-25-13-14-26-48(47)53(50)51)22-15-35-52(43-31-27-40(28-32-43)38-16-7-8-17-38)44-33-29-41(30-34-44)39-18-9-10-19-39/h5,7-9,11-16,18-35H,3-4,6,10,17H2,1-2H3/b35-15+,37-22+. The molecule has 9 rings (SSSR count). The van der Waals surface area contributed by atoms with E-state index in [1.807, 2.05) is 0 Å². The Labute approximate surface area is 313 Å². The molecule has 0 bridgehead atoms. The first-order valence-electron chi connectivity index (χ1n) is 19.1. The van der Waals surface area contributed by atoms with Crippen LogP contribution in [-0.4, -0.2) is 4.40 Å². The summed E-state index contributed by atoms with van der Waals surface area (Å²) in [4.78, 5) is 2.31. The highest BCUT2D eigenvalue weighted by atomic mass is 15.1. The molecule has 3 aliphatic rings. The SMILES string of the molecule is CC/C(=C\C=C\N(c1ccc(C2=CCC=C2)cc1)c1ccc(C2=CC=CC2)cc1)c1c(C)c2ccccc2c2c(C3=CCCC=C3)c3ccccc3n12. The summed E-state index contributed by atoms with van der Waals surface area (Å²) in [6.07, 6.45) is 32.3. The highest BCUT2D eigenvalue weighted by Crippen LogP contribution is 2.42. The third-order valence-corrected chi connectivity index (χ3v) is 11.1. The predicted molar refractivity (Wildman–Crippen MR) is 229 cm³/mol. The topological polar surface area (TPSA) is 7.65 Å². The minimum Gasteiger partial charge on any atom is -0.317 e. The van der Waals surface area contributed by atoms with Crippen molar-refractivity contribution in [1.82, 2.24) is 4.40 Å². The summed E-state index contributed by atoms with van der Waals surface area (Å²) in [7, 11) is 0. The van der Waals surface area contributed by atoms with Crippen molar-refractivity contribution < 1.29 is 0 Å². The molecule has 0 fully saturated rings. The fourth-order valence-corrected chi connectivity index (χ4v) is 8.43. The number of benzene rings is 4. The number of rotatable bonds is 9. The second-order valence-electron chi connectivity index (χ2n) is 14.2. The number of allylic oxidation sites excluding steroid dienone is 15. The van der Waals surface area contributed by atoms with Crippen LogP contribution in [0.2, 0.25) is 0 Å². The average Bonchev–Trinajstić information content (AvgIpc) is 4.02. The molecule has 2 aromatic heterocycles. The molecule has 0 saturated heterocycles. The van der Waals surface area contributed by atoms with Gasteiger partial charge >= 0.3 is 0 Å². The van der Waals surface area contributed by atoms with Gasteiger partial charge in [-0.1, -0.05) is 134 Å². The molecule has 0 saturated carbocycles. The number of pyridine rings is 1. The van der Waals surface area contributed by atoms with Gasteiger partial charge < -0.3 is 9.30 Å². The maximum absolute atomic E-state index is 2.56. The molecule has 53 heavy (non-hydrogen) atoms. The largest absolute Gasteiger partial charge is 0.317 e. The van der Waals surface area contributed by atoms with Gasteiger partial charge in [0.15, 0.2) is 0 Å². The summed E-state index contributed by atoms with van der Waals surface area (Å²) in [6.45, 7) is 4.59. The van der Waals surface area contributed by atoms with Crippen LogP contribution < -0.4 is 4.90 Å². The van der Waals surface area contributed by atoms with Crippen molar-refractivity contribution in [3.8, 4) is 0 Å². The Morgan fingerprint density at radius 1 is 0.717 bits per heavy atom. The van der Waals surface area contributed by atoms with E-state index in [9.17, 15) is 0 Å². The summed E-state index contributed by atoms with van der Waals surface area (Å²) in [5.74, 6) is 0. The van der Waals surface area contributed by atoms with Crippen molar-refractivity contribution in [2.45, 2.75) is 46.0 Å². The smallest absolute Gasteiger partial charge is 0.0625 e. The molecule has 2 heteroatoms. The van der Waals surface area contributed by atoms with Crippen molar-refractivity contribution in [3.63, 3.8) is 0 Å². The fourth-order valence-electron chi connectivity index (χ4n) is 8.43. The van der Waals surface area contributed by atoms with Crippen molar-refractivity contribution in [1.29, 1.82) is 0 Å². The van der Waals surface area contributed by atoms with Crippen LogP contribution in [-0.2, 0) is 0 Å². The molecule has 0 N–H and O–H groups in total. The number of hydrogen-bond donors (Lipinski definition) is 0. The Morgan fingerprint density at radius 3 is 2.11 bits per heavy atom. The molecule has 6 aromatic rings. The van der Waals surface area contributed by atoms with E-state index in [-0.39, 0.29) is 0 Å². The Kier molecular flexibility index (Phi) is 8.73. The van der Waals surface area contributed by atoms with Gasteiger partial charge in [0.2, 0.25) is 0 Å². The first-order valence-corrected chi connectivity index (χ1v) is 19.1. The Bertz CT molecular complexity index is 2630. The minimum atomic E-state index is 0.901. The molecule has 0 aliphatic heterocycles. The summed E-state index contributed by atoms with van der Waals surface area (Å²) in [6, 6.07) is 35.9. The van der Waals surface area contributed by atoms with Crippen LogP contribution in [0.1, 0.15) is 67.0 Å². The number of aryl methyl sites for hydroxylation is 1. The van der Waals surface area contributed by atoms with Crippen LogP contribution >= 0.6 is 0 Å². The lowest BCUT2D eigenvalue weighted by Crippen LogP contribution is -2.08. The monoisotopic (exact) mass is 684 g/mol. The van der Waals surface area contributed by atoms with Gasteiger partial charge in [0, 0.05) is 33.9 Å². The first kappa shape index (κ1) is 32.8. The molecule has 0 unspecified atom stereocenters. The second-order valence-corrected chi connectivity index (χ2v) is 14.2. The fraction of sp³-hybridized carbons (Fsp3) is 0.137. The maximum atomic E-state index is 2.56. The number of para-hydroxylation sites is 1. The minimum absolute atomic E-state index is 0.901. The van der Waals surface area contributed by atoms with Gasteiger partial charge in [0.1, 0.15) is 0 Å². The molecular formula is C51H44N2. The molecule has 0 spiro atoms. The molecule has 0 amide bonds. The molecule has 0 atom stereocenters. The number of aromatic nitrogens is 1. The molecule has 0 radical (unpaired) electrons. The summed E-state index contributed by atoms with van der Waals surface area (Å²) >= 11 is 0. The van der Waals surface area contributed by atoms with Gasteiger partial charge in [-0.25, -0.2) is 0 Å². The van der Waals surface area contributed by atoms with E-state index >= 15 is 0 Å². The van der Waals surface area contributed by atoms with E-state index in [0.717, 1.165) is 43.5 Å². The zero-order chi connectivity index (χ0) is 35.7. The number of nitrogens with zero attached hydrogens (tertiary/aromatic N) is 2. The van der Waals surface area contributed by atoms with Crippen molar-refractivity contribution in [3.05, 3.63) is 198 Å². The first-order chi connectivity index (χ1) is 26.2. The normalized spacial score (nSPS) is 15.7. The van der Waals surface area contributed by atoms with Crippen LogP contribution in [0.5, 0.6) is 0 Å². The molecule has 4 aromatic carbocycles. The Hall–Kier alpha value is -6.12. The van der Waals surface area contributed by atoms with Gasteiger partial charge in [-0.05, 0) is 120 Å². The van der Waals surface area contributed by atoms with Crippen molar-refractivity contribution in [2.75, 3.05) is 4.90 Å². The lowest BCUT2D eigenvalue weighted by molar-refractivity contribution is 1.04. The number of anilines is 2. The third kappa shape index (κ3) is 5.95. The molecular weight excluding hydrogens is 641 g/mol. The van der Waals surface area contributed by atoms with Crippen LogP contribution in [0, 0.1) is 6.92 Å². The van der Waals surface area contributed by atoms with Crippen LogP contribution in [0.4, 0.5) is 11.4 Å². The van der Waals surface area contributed by atoms with Gasteiger partial charge in [-0.3, -0.25) is 0 Å². The summed E-state index contributed by atoms with van der Waals surface area (Å²) in [5.41, 5.74) is 16.6. The molecule has 258 valence electrons. The van der Waals surface area contributed by atoms with E-state index in [1.54, 1.807) is 0 Å². The summed E-state index contributed by atoms with van der Waals surface area (Å²) < 4.78 is 2.56. The molecule has 3 aliphatic carbocycles. The van der Waals surface area contributed by atoms with Gasteiger partial charge in [0.25, 0.3) is 0 Å². The van der Waals surface area contributed by atoms with E-state index in [1.165, 1.54) is 77.4 Å². The Morgan fingerprint density at radius 2 is 1.43 bits per heavy atom. The van der Waals surface area contributed by atoms with Crippen molar-refractivity contribution in [2.24, 2.45) is 0 Å². The predicted octanol–water partition coefficient (Wildman–Crippen LogP) is 14.1. The zero-order valence-electron chi connectivity index (χ0n) is 30.6. The second kappa shape index (κ2) is 14.1.